The van der Waals surface area contributed by atoms with Gasteiger partial charge in [-0.3, -0.25) is 9.58 Å². The number of hydrogen-bond donors (Lipinski definition) is 1. The first-order valence-electron chi connectivity index (χ1n) is 9.49. The van der Waals surface area contributed by atoms with E-state index in [2.05, 4.69) is 26.9 Å². The predicted octanol–water partition coefficient (Wildman–Crippen LogP) is 1.76. The van der Waals surface area contributed by atoms with Gasteiger partial charge < -0.3 is 10.5 Å². The van der Waals surface area contributed by atoms with Crippen molar-refractivity contribution in [3.05, 3.63) is 30.2 Å². The van der Waals surface area contributed by atoms with Crippen molar-refractivity contribution in [3.8, 4) is 11.3 Å². The van der Waals surface area contributed by atoms with Gasteiger partial charge in [0, 0.05) is 31.4 Å². The summed E-state index contributed by atoms with van der Waals surface area (Å²) >= 11 is 0. The van der Waals surface area contributed by atoms with Gasteiger partial charge in [-0.25, -0.2) is 15.0 Å². The van der Waals surface area contributed by atoms with Crippen molar-refractivity contribution in [1.29, 1.82) is 0 Å². The number of ether oxygens (including phenoxy) is 1. The van der Waals surface area contributed by atoms with E-state index in [9.17, 15) is 0 Å². The third kappa shape index (κ3) is 4.06. The molecule has 3 aromatic heterocycles. The zero-order valence-electron chi connectivity index (χ0n) is 15.6. The second-order valence-electron chi connectivity index (χ2n) is 6.79. The summed E-state index contributed by atoms with van der Waals surface area (Å²) in [5.41, 5.74) is 10.2. The number of anilines is 1. The van der Waals surface area contributed by atoms with E-state index in [1.54, 1.807) is 0 Å². The van der Waals surface area contributed by atoms with Gasteiger partial charge in [0.15, 0.2) is 0 Å². The number of hydrogen-bond acceptors (Lipinski definition) is 7. The van der Waals surface area contributed by atoms with Crippen LogP contribution in [0.2, 0.25) is 0 Å². The molecule has 142 valence electrons. The molecule has 1 saturated heterocycles. The lowest BCUT2D eigenvalue weighted by Gasteiger charge is -2.26. The molecular formula is C19H25N7O. The third-order valence-corrected chi connectivity index (χ3v) is 4.80. The number of nitrogens with two attached hydrogens (primary N) is 1. The van der Waals surface area contributed by atoms with Gasteiger partial charge in [0.1, 0.15) is 5.52 Å². The highest BCUT2D eigenvalue weighted by Crippen LogP contribution is 2.22. The largest absolute Gasteiger partial charge is 0.379 e. The first-order valence-corrected chi connectivity index (χ1v) is 9.49. The zero-order valence-corrected chi connectivity index (χ0v) is 15.6. The van der Waals surface area contributed by atoms with Gasteiger partial charge in [-0.05, 0) is 18.6 Å². The molecule has 8 heteroatoms. The Balaban J connectivity index is 1.54. The molecule has 27 heavy (non-hydrogen) atoms. The van der Waals surface area contributed by atoms with Crippen LogP contribution in [0.15, 0.2) is 24.5 Å². The summed E-state index contributed by atoms with van der Waals surface area (Å²) in [6.07, 6.45) is 5.73. The van der Waals surface area contributed by atoms with Crippen LogP contribution in [0.5, 0.6) is 0 Å². The van der Waals surface area contributed by atoms with Crippen molar-refractivity contribution >= 4 is 17.0 Å². The summed E-state index contributed by atoms with van der Waals surface area (Å²) in [6.45, 7) is 7.56. The fraction of sp³-hybridized carbons (Fsp3) is 0.474. The minimum absolute atomic E-state index is 0.302. The van der Waals surface area contributed by atoms with Crippen LogP contribution >= 0.6 is 0 Å². The Hall–Kier alpha value is -2.58. The lowest BCUT2D eigenvalue weighted by molar-refractivity contribution is 0.0360. The predicted molar refractivity (Wildman–Crippen MR) is 104 cm³/mol. The number of fused-ring (bicyclic) bond motifs is 1. The SMILES string of the molecule is CCCc1nc(N)nc2ccc(-c3cnn(CCN4CCOCC4)c3)nc12. The Morgan fingerprint density at radius 3 is 2.78 bits per heavy atom. The highest BCUT2D eigenvalue weighted by Gasteiger charge is 2.12. The summed E-state index contributed by atoms with van der Waals surface area (Å²) in [5.74, 6) is 0.302. The van der Waals surface area contributed by atoms with Crippen LogP contribution in [-0.4, -0.2) is 62.5 Å². The van der Waals surface area contributed by atoms with E-state index in [-0.39, 0.29) is 0 Å². The molecule has 1 fully saturated rings. The van der Waals surface area contributed by atoms with Gasteiger partial charge in [0.2, 0.25) is 5.95 Å². The van der Waals surface area contributed by atoms with Crippen molar-refractivity contribution in [3.63, 3.8) is 0 Å². The number of aryl methyl sites for hydroxylation is 1. The maximum absolute atomic E-state index is 5.83. The van der Waals surface area contributed by atoms with Crippen LogP contribution < -0.4 is 5.73 Å². The van der Waals surface area contributed by atoms with Gasteiger partial charge in [-0.15, -0.1) is 0 Å². The van der Waals surface area contributed by atoms with Crippen molar-refractivity contribution in [2.24, 2.45) is 0 Å². The summed E-state index contributed by atoms with van der Waals surface area (Å²) in [6, 6.07) is 3.92. The smallest absolute Gasteiger partial charge is 0.220 e. The van der Waals surface area contributed by atoms with Crippen molar-refractivity contribution in [2.45, 2.75) is 26.3 Å². The quantitative estimate of drug-likeness (QED) is 0.709. The average molecular weight is 367 g/mol. The molecule has 3 aromatic rings. The minimum atomic E-state index is 0.302. The lowest BCUT2D eigenvalue weighted by Crippen LogP contribution is -2.38. The van der Waals surface area contributed by atoms with E-state index in [4.69, 9.17) is 15.5 Å². The van der Waals surface area contributed by atoms with E-state index in [1.165, 1.54) is 0 Å². The molecule has 0 bridgehead atoms. The number of morpholine rings is 1. The number of rotatable bonds is 6. The van der Waals surface area contributed by atoms with Crippen molar-refractivity contribution in [2.75, 3.05) is 38.6 Å². The van der Waals surface area contributed by atoms with E-state index in [1.807, 2.05) is 29.2 Å². The molecule has 4 rings (SSSR count). The van der Waals surface area contributed by atoms with Crippen LogP contribution in [0, 0.1) is 0 Å². The van der Waals surface area contributed by atoms with Gasteiger partial charge >= 0.3 is 0 Å². The van der Waals surface area contributed by atoms with Gasteiger partial charge in [0.25, 0.3) is 0 Å². The summed E-state index contributed by atoms with van der Waals surface area (Å²) in [7, 11) is 0. The monoisotopic (exact) mass is 367 g/mol. The van der Waals surface area contributed by atoms with E-state index < -0.39 is 0 Å². The normalized spacial score (nSPS) is 15.4. The van der Waals surface area contributed by atoms with Gasteiger partial charge in [-0.1, -0.05) is 13.3 Å². The number of nitrogen functional groups attached to an aromatic ring is 1. The summed E-state index contributed by atoms with van der Waals surface area (Å²) in [5, 5.41) is 4.50. The molecule has 2 N–H and O–H groups in total. The maximum Gasteiger partial charge on any atom is 0.220 e. The van der Waals surface area contributed by atoms with Crippen LogP contribution in [0.3, 0.4) is 0 Å². The molecule has 0 saturated carbocycles. The molecule has 0 aromatic carbocycles. The number of aromatic nitrogens is 5. The molecule has 1 aliphatic rings. The number of pyridine rings is 1. The van der Waals surface area contributed by atoms with E-state index >= 15 is 0 Å². The topological polar surface area (TPSA) is 95.0 Å². The van der Waals surface area contributed by atoms with Gasteiger partial charge in [0.05, 0.1) is 42.9 Å². The van der Waals surface area contributed by atoms with Crippen molar-refractivity contribution < 1.29 is 4.74 Å². The Bertz CT molecular complexity index is 918. The first kappa shape index (κ1) is 17.8. The fourth-order valence-electron chi connectivity index (χ4n) is 3.35. The molecular weight excluding hydrogens is 342 g/mol. The summed E-state index contributed by atoms with van der Waals surface area (Å²) < 4.78 is 7.37. The molecule has 0 amide bonds. The minimum Gasteiger partial charge on any atom is -0.379 e. The van der Waals surface area contributed by atoms with Crippen LogP contribution in [-0.2, 0) is 17.7 Å². The molecule has 1 aliphatic heterocycles. The number of nitrogens with zero attached hydrogens (tertiary/aromatic N) is 6. The molecule has 8 nitrogen and oxygen atoms in total. The molecule has 0 aliphatic carbocycles. The highest BCUT2D eigenvalue weighted by molar-refractivity contribution is 5.80. The highest BCUT2D eigenvalue weighted by atomic mass is 16.5. The average Bonchev–Trinajstić information content (AvgIpc) is 3.16. The molecule has 0 unspecified atom stereocenters. The third-order valence-electron chi connectivity index (χ3n) is 4.80. The lowest BCUT2D eigenvalue weighted by atomic mass is 10.1. The Morgan fingerprint density at radius 2 is 1.96 bits per heavy atom. The molecule has 0 atom stereocenters. The Kier molecular flexibility index (Phi) is 5.26. The van der Waals surface area contributed by atoms with Crippen molar-refractivity contribution in [1.82, 2.24) is 29.6 Å². The van der Waals surface area contributed by atoms with Gasteiger partial charge in [-0.2, -0.15) is 5.10 Å². The van der Waals surface area contributed by atoms with E-state index in [0.29, 0.717) is 5.95 Å². The Morgan fingerprint density at radius 1 is 1.11 bits per heavy atom. The maximum atomic E-state index is 5.83. The summed E-state index contributed by atoms with van der Waals surface area (Å²) in [4.78, 5) is 15.9. The van der Waals surface area contributed by atoms with Crippen LogP contribution in [0.4, 0.5) is 5.95 Å². The Labute approximate surface area is 158 Å². The van der Waals surface area contributed by atoms with Crippen LogP contribution in [0.25, 0.3) is 22.3 Å². The van der Waals surface area contributed by atoms with Crippen LogP contribution in [0.1, 0.15) is 19.0 Å². The molecule has 0 spiro atoms. The second-order valence-corrected chi connectivity index (χ2v) is 6.79. The zero-order chi connectivity index (χ0) is 18.6. The fourth-order valence-corrected chi connectivity index (χ4v) is 3.35. The molecule has 0 radical (unpaired) electrons. The second kappa shape index (κ2) is 7.98. The van der Waals surface area contributed by atoms with E-state index in [0.717, 1.165) is 80.2 Å². The first-order chi connectivity index (χ1) is 13.2. The standard InChI is InChI=1S/C19H25N7O/c1-2-3-16-18-17(24-19(20)23-16)5-4-15(22-18)14-12-21-26(13-14)7-6-25-8-10-27-11-9-25/h4-5,12-13H,2-3,6-11H2,1H3,(H2,20,23,24). The molecule has 4 heterocycles.